The maximum absolute atomic E-state index is 10.8. The van der Waals surface area contributed by atoms with Crippen molar-refractivity contribution in [1.29, 1.82) is 10.5 Å². The summed E-state index contributed by atoms with van der Waals surface area (Å²) in [6.45, 7) is 0. The molecule has 3 aromatic heterocycles. The van der Waals surface area contributed by atoms with Crippen molar-refractivity contribution in [2.75, 3.05) is 12.0 Å². The molecule has 0 amide bonds. The average Bonchev–Trinajstić information content (AvgIpc) is 3.05. The van der Waals surface area contributed by atoms with E-state index in [1.165, 1.54) is 35.2 Å². The Kier molecular flexibility index (Phi) is 21.1. The molecule has 15 heteroatoms. The van der Waals surface area contributed by atoms with Crippen molar-refractivity contribution in [2.45, 2.75) is 6.42 Å². The summed E-state index contributed by atoms with van der Waals surface area (Å²) in [5.41, 5.74) is 8.32. The van der Waals surface area contributed by atoms with Crippen molar-refractivity contribution in [3.8, 4) is 16.6 Å². The van der Waals surface area contributed by atoms with Crippen LogP contribution in [0.5, 0.6) is 5.75 Å². The second kappa shape index (κ2) is 23.9. The van der Waals surface area contributed by atoms with Crippen LogP contribution in [-0.2, 0) is 56.0 Å². The second-order valence-corrected chi connectivity index (χ2v) is 8.30. The van der Waals surface area contributed by atoms with Gasteiger partial charge in [-0.2, -0.15) is 6.20 Å². The number of aliphatic carboxylic acids is 1. The number of thiocyanates is 2. The van der Waals surface area contributed by atoms with E-state index < -0.39 is 11.9 Å². The number of anilines is 3. The second-order valence-electron chi connectivity index (χ2n) is 7.93. The Balaban J connectivity index is 0.000000745. The molecule has 0 aliphatic rings. The average molecular weight is 742 g/mol. The predicted molar refractivity (Wildman–Crippen MR) is 173 cm³/mol. The van der Waals surface area contributed by atoms with Gasteiger partial charge in [-0.15, -0.1) is 0 Å². The SMILES string of the molecule is COc1ccc(N(c2ccccn2)c2ccccn2)cc1.N#C[S-].N#C[S-].[NH-]/C=C\C(=C/Cc1cc(C(=O)O)ccn1)C(=O)O.[Ru+3]. The van der Waals surface area contributed by atoms with Gasteiger partial charge in [0, 0.05) is 36.4 Å². The fourth-order valence-corrected chi connectivity index (χ4v) is 3.34. The smallest absolute Gasteiger partial charge is 0.705 e. The zero-order valence-electron chi connectivity index (χ0n) is 24.1. The molecule has 0 aliphatic carbocycles. The third kappa shape index (κ3) is 14.8. The topological polar surface area (TPSA) is 197 Å². The summed E-state index contributed by atoms with van der Waals surface area (Å²) in [7, 11) is 1.66. The van der Waals surface area contributed by atoms with E-state index in [4.69, 9.17) is 31.2 Å². The Hall–Kier alpha value is -5.47. The number of hydrogen-bond acceptors (Lipinski definition) is 11. The molecule has 0 fully saturated rings. The van der Waals surface area contributed by atoms with Gasteiger partial charge in [-0.25, -0.2) is 30.1 Å². The van der Waals surface area contributed by atoms with Crippen LogP contribution in [0.1, 0.15) is 16.1 Å². The Morgan fingerprint density at radius 2 is 1.46 bits per heavy atom. The number of carbonyl (C=O) groups is 2. The first-order chi connectivity index (χ1) is 21.8. The van der Waals surface area contributed by atoms with Crippen LogP contribution >= 0.6 is 0 Å². The Morgan fingerprint density at radius 3 is 1.87 bits per heavy atom. The summed E-state index contributed by atoms with van der Waals surface area (Å²) in [6, 6.07) is 22.2. The van der Waals surface area contributed by atoms with Crippen molar-refractivity contribution < 1.29 is 44.0 Å². The number of benzene rings is 1. The number of hydrogen-bond donors (Lipinski definition) is 2. The van der Waals surface area contributed by atoms with Gasteiger partial charge < -0.3 is 45.9 Å². The summed E-state index contributed by atoms with van der Waals surface area (Å²) in [5, 5.41) is 34.5. The van der Waals surface area contributed by atoms with Crippen LogP contribution in [0.2, 0.25) is 0 Å². The van der Waals surface area contributed by atoms with E-state index >= 15 is 0 Å². The van der Waals surface area contributed by atoms with E-state index in [2.05, 4.69) is 40.2 Å². The van der Waals surface area contributed by atoms with Crippen LogP contribution < -0.4 is 9.64 Å². The molecule has 3 N–H and O–H groups in total. The molecule has 3 heterocycles. The molecule has 235 valence electrons. The van der Waals surface area contributed by atoms with Gasteiger partial charge in [0.1, 0.15) is 17.4 Å². The minimum Gasteiger partial charge on any atom is -0.705 e. The van der Waals surface area contributed by atoms with Crippen LogP contribution in [0, 0.1) is 21.3 Å². The third-order valence-corrected chi connectivity index (χ3v) is 5.19. The van der Waals surface area contributed by atoms with Gasteiger partial charge in [0.2, 0.25) is 0 Å². The van der Waals surface area contributed by atoms with Gasteiger partial charge in [-0.1, -0.05) is 35.1 Å². The molecule has 1 radical (unpaired) electrons. The van der Waals surface area contributed by atoms with E-state index in [0.29, 0.717) is 5.69 Å². The van der Waals surface area contributed by atoms with Crippen molar-refractivity contribution in [1.82, 2.24) is 15.0 Å². The zero-order valence-corrected chi connectivity index (χ0v) is 27.4. The van der Waals surface area contributed by atoms with Crippen LogP contribution in [0.25, 0.3) is 5.73 Å². The number of pyridine rings is 3. The molecule has 12 nitrogen and oxygen atoms in total. The molecule has 0 aliphatic heterocycles. The third-order valence-electron chi connectivity index (χ3n) is 5.19. The quantitative estimate of drug-likeness (QED) is 0.0679. The Bertz CT molecular complexity index is 1580. The van der Waals surface area contributed by atoms with Gasteiger partial charge in [0.05, 0.1) is 18.2 Å². The molecule has 0 bridgehead atoms. The molecule has 46 heavy (non-hydrogen) atoms. The van der Waals surface area contributed by atoms with Crippen molar-refractivity contribution in [2.24, 2.45) is 0 Å². The number of nitrogens with zero attached hydrogens (tertiary/aromatic N) is 6. The van der Waals surface area contributed by atoms with Gasteiger partial charge in [0.25, 0.3) is 0 Å². The fraction of sp³-hybridized carbons (Fsp3) is 0.0645. The molecule has 0 atom stereocenters. The first-order valence-electron chi connectivity index (χ1n) is 12.5. The predicted octanol–water partition coefficient (Wildman–Crippen LogP) is 5.88. The Morgan fingerprint density at radius 1 is 0.913 bits per heavy atom. The number of ether oxygens (including phenoxy) is 1. The first-order valence-corrected chi connectivity index (χ1v) is 13.3. The van der Waals surface area contributed by atoms with E-state index in [1.54, 1.807) is 19.5 Å². The molecule has 0 saturated carbocycles. The summed E-state index contributed by atoms with van der Waals surface area (Å²) >= 11 is 7.40. The molecule has 4 aromatic rings. The summed E-state index contributed by atoms with van der Waals surface area (Å²) in [5.74, 6) is 0.253. The molecule has 4 rings (SSSR count). The number of carboxylic acids is 2. The minimum atomic E-state index is -1.15. The summed E-state index contributed by atoms with van der Waals surface area (Å²) < 4.78 is 5.21. The van der Waals surface area contributed by atoms with E-state index in [0.717, 1.165) is 35.3 Å². The van der Waals surface area contributed by atoms with Gasteiger partial charge in [0.15, 0.2) is 0 Å². The van der Waals surface area contributed by atoms with Crippen LogP contribution in [-0.4, -0.2) is 44.2 Å². The number of rotatable bonds is 9. The monoisotopic (exact) mass is 742 g/mol. The van der Waals surface area contributed by atoms with Crippen molar-refractivity contribution in [3.05, 3.63) is 132 Å². The van der Waals surface area contributed by atoms with Crippen LogP contribution in [0.3, 0.4) is 0 Å². The molecule has 1 aromatic carbocycles. The van der Waals surface area contributed by atoms with Gasteiger partial charge in [-0.05, 0) is 60.7 Å². The summed E-state index contributed by atoms with van der Waals surface area (Å²) in [4.78, 5) is 36.3. The molecular weight excluding hydrogens is 716 g/mol. The maximum Gasteiger partial charge on any atom is 3.00 e. The van der Waals surface area contributed by atoms with E-state index in [-0.39, 0.29) is 37.0 Å². The number of nitrogens with one attached hydrogen (secondary N) is 1. The molecule has 0 unspecified atom stereocenters. The number of carboxylic acid groups (broad SMARTS) is 2. The maximum atomic E-state index is 10.8. The summed E-state index contributed by atoms with van der Waals surface area (Å²) in [6.07, 6.45) is 8.48. The van der Waals surface area contributed by atoms with Crippen molar-refractivity contribution >= 4 is 54.5 Å². The van der Waals surface area contributed by atoms with E-state index in [1.807, 2.05) is 65.6 Å². The number of allylic oxidation sites excluding steroid dienone is 1. The Labute approximate surface area is 290 Å². The van der Waals surface area contributed by atoms with E-state index in [9.17, 15) is 9.59 Å². The van der Waals surface area contributed by atoms with Gasteiger partial charge in [-0.3, -0.25) is 9.88 Å². The first kappa shape index (κ1) is 40.5. The zero-order chi connectivity index (χ0) is 33.5. The van der Waals surface area contributed by atoms with Gasteiger partial charge >= 0.3 is 31.4 Å². The standard InChI is InChI=1S/C17H15N3O.C12H11N2O4.2CHNS.Ru/c1-21-15-10-8-14(9-11-15)20(16-6-2-4-12-18-16)17-7-3-5-13-19-17;13-5-3-8(11(15)16)1-2-10-7-9(12(17)18)4-6-14-10;2*2-1-3;/h2-13H,1H3;1,3-7,13H,2H2,(H,15,16)(H,17,18);2*3H;/q;-1;;;+3/p-2/b;5-3-,8-1+;;;. The fourth-order valence-electron chi connectivity index (χ4n) is 3.34. The van der Waals surface area contributed by atoms with Crippen LogP contribution in [0.15, 0.2) is 115 Å². The number of methoxy groups -OCH3 is 1. The minimum absolute atomic E-state index is 0. The molecule has 0 spiro atoms. The molecular formula is C31H26N7O5RuS2. The van der Waals surface area contributed by atoms with Crippen molar-refractivity contribution in [3.63, 3.8) is 0 Å². The largest absolute Gasteiger partial charge is 3.00 e. The molecule has 0 saturated heterocycles. The number of aromatic carboxylic acids is 1. The normalized spacial score (nSPS) is 9.50. The number of aromatic nitrogens is 3. The number of nitriles is 2. The van der Waals surface area contributed by atoms with Crippen LogP contribution in [0.4, 0.5) is 17.3 Å².